The van der Waals surface area contributed by atoms with Gasteiger partial charge in [-0.1, -0.05) is 23.7 Å². The van der Waals surface area contributed by atoms with Crippen LogP contribution in [0.4, 0.5) is 0 Å². The van der Waals surface area contributed by atoms with Gasteiger partial charge in [-0.05, 0) is 42.8 Å². The highest BCUT2D eigenvalue weighted by Gasteiger charge is 2.08. The van der Waals surface area contributed by atoms with E-state index in [1.165, 1.54) is 0 Å². The zero-order valence-electron chi connectivity index (χ0n) is 10.3. The summed E-state index contributed by atoms with van der Waals surface area (Å²) in [6, 6.07) is 14.0. The fraction of sp³-hybridized carbons (Fsp3) is 0.133. The molecule has 1 atom stereocenters. The van der Waals surface area contributed by atoms with Crippen LogP contribution in [0.3, 0.4) is 0 Å². The van der Waals surface area contributed by atoms with Crippen molar-refractivity contribution >= 4 is 11.6 Å². The van der Waals surface area contributed by atoms with E-state index in [0.29, 0.717) is 27.6 Å². The Balaban J connectivity index is 2.24. The minimum atomic E-state index is -0.622. The molecule has 0 bridgehead atoms. The molecule has 0 aliphatic heterocycles. The van der Waals surface area contributed by atoms with Crippen molar-refractivity contribution in [2.24, 2.45) is 0 Å². The molecule has 1 N–H and O–H groups in total. The minimum Gasteiger partial charge on any atom is -0.457 e. The van der Waals surface area contributed by atoms with Gasteiger partial charge in [0.15, 0.2) is 0 Å². The molecule has 2 rings (SSSR count). The summed E-state index contributed by atoms with van der Waals surface area (Å²) in [6.45, 7) is 1.65. The number of hydrogen-bond donors (Lipinski definition) is 1. The fourth-order valence-corrected chi connectivity index (χ4v) is 2.00. The van der Waals surface area contributed by atoms with Crippen molar-refractivity contribution in [1.29, 1.82) is 5.26 Å². The van der Waals surface area contributed by atoms with Crippen molar-refractivity contribution in [3.8, 4) is 17.6 Å². The molecule has 19 heavy (non-hydrogen) atoms. The maximum absolute atomic E-state index is 9.49. The molecular weight excluding hydrogens is 262 g/mol. The third kappa shape index (κ3) is 3.25. The Morgan fingerprint density at radius 3 is 2.58 bits per heavy atom. The Morgan fingerprint density at radius 1 is 1.21 bits per heavy atom. The molecule has 0 aliphatic carbocycles. The van der Waals surface area contributed by atoms with Gasteiger partial charge in [0, 0.05) is 0 Å². The number of benzene rings is 2. The van der Waals surface area contributed by atoms with E-state index in [2.05, 4.69) is 0 Å². The van der Waals surface area contributed by atoms with Crippen molar-refractivity contribution in [1.82, 2.24) is 0 Å². The van der Waals surface area contributed by atoms with Crippen LogP contribution in [0.25, 0.3) is 0 Å². The van der Waals surface area contributed by atoms with Crippen LogP contribution in [-0.4, -0.2) is 5.11 Å². The highest BCUT2D eigenvalue weighted by molar-refractivity contribution is 6.31. The standard InChI is InChI=1S/C15H12ClNO2/c1-10(18)14-6-5-13(8-15(14)16)19-12-4-2-3-11(7-12)9-17/h2-8,10,18H,1H3. The lowest BCUT2D eigenvalue weighted by molar-refractivity contribution is 0.199. The van der Waals surface area contributed by atoms with Crippen LogP contribution in [0.1, 0.15) is 24.2 Å². The number of aliphatic hydroxyl groups is 1. The first-order valence-corrected chi connectivity index (χ1v) is 6.13. The van der Waals surface area contributed by atoms with Gasteiger partial charge >= 0.3 is 0 Å². The number of aliphatic hydroxyl groups excluding tert-OH is 1. The van der Waals surface area contributed by atoms with E-state index in [0.717, 1.165) is 0 Å². The van der Waals surface area contributed by atoms with Gasteiger partial charge in [0.25, 0.3) is 0 Å². The van der Waals surface area contributed by atoms with Crippen molar-refractivity contribution in [3.05, 3.63) is 58.6 Å². The minimum absolute atomic E-state index is 0.448. The number of nitriles is 1. The first-order valence-electron chi connectivity index (χ1n) is 5.75. The molecule has 1 unspecified atom stereocenters. The van der Waals surface area contributed by atoms with Gasteiger partial charge in [-0.25, -0.2) is 0 Å². The first-order chi connectivity index (χ1) is 9.10. The van der Waals surface area contributed by atoms with Crippen LogP contribution in [0.15, 0.2) is 42.5 Å². The lowest BCUT2D eigenvalue weighted by atomic mass is 10.1. The van der Waals surface area contributed by atoms with E-state index < -0.39 is 6.10 Å². The molecule has 0 amide bonds. The quantitative estimate of drug-likeness (QED) is 0.917. The molecule has 0 saturated carbocycles. The summed E-state index contributed by atoms with van der Waals surface area (Å²) >= 11 is 6.06. The highest BCUT2D eigenvalue weighted by Crippen LogP contribution is 2.30. The van der Waals surface area contributed by atoms with Crippen LogP contribution in [0.5, 0.6) is 11.5 Å². The third-order valence-electron chi connectivity index (χ3n) is 2.62. The molecule has 3 nitrogen and oxygen atoms in total. The molecule has 0 fully saturated rings. The number of hydrogen-bond acceptors (Lipinski definition) is 3. The topological polar surface area (TPSA) is 53.2 Å². The highest BCUT2D eigenvalue weighted by atomic mass is 35.5. The summed E-state index contributed by atoms with van der Waals surface area (Å²) in [5.41, 5.74) is 1.18. The Bertz CT molecular complexity index is 632. The number of nitrogens with zero attached hydrogens (tertiary/aromatic N) is 1. The molecule has 4 heteroatoms. The summed E-state index contributed by atoms with van der Waals surface area (Å²) in [6.07, 6.45) is -0.622. The maximum atomic E-state index is 9.49. The van der Waals surface area contributed by atoms with Crippen LogP contribution in [-0.2, 0) is 0 Å². The van der Waals surface area contributed by atoms with Gasteiger partial charge in [0.1, 0.15) is 11.5 Å². The van der Waals surface area contributed by atoms with Crippen LogP contribution in [0, 0.1) is 11.3 Å². The normalized spacial score (nSPS) is 11.7. The fourth-order valence-electron chi connectivity index (χ4n) is 1.68. The van der Waals surface area contributed by atoms with Crippen LogP contribution < -0.4 is 4.74 Å². The van der Waals surface area contributed by atoms with E-state index in [1.54, 1.807) is 49.4 Å². The summed E-state index contributed by atoms with van der Waals surface area (Å²) in [4.78, 5) is 0. The van der Waals surface area contributed by atoms with Gasteiger partial charge in [0.05, 0.1) is 22.8 Å². The number of ether oxygens (including phenoxy) is 1. The summed E-state index contributed by atoms with van der Waals surface area (Å²) < 4.78 is 5.62. The lowest BCUT2D eigenvalue weighted by Gasteiger charge is -2.10. The van der Waals surface area contributed by atoms with E-state index in [9.17, 15) is 5.11 Å². The SMILES string of the molecule is CC(O)c1ccc(Oc2cccc(C#N)c2)cc1Cl. The molecule has 96 valence electrons. The predicted octanol–water partition coefficient (Wildman–Crippen LogP) is 4.06. The van der Waals surface area contributed by atoms with E-state index in [-0.39, 0.29) is 0 Å². The second kappa shape index (κ2) is 5.75. The Kier molecular flexibility index (Phi) is 4.06. The summed E-state index contributed by atoms with van der Waals surface area (Å²) in [7, 11) is 0. The van der Waals surface area contributed by atoms with Crippen molar-refractivity contribution in [2.45, 2.75) is 13.0 Å². The van der Waals surface area contributed by atoms with Crippen molar-refractivity contribution in [3.63, 3.8) is 0 Å². The van der Waals surface area contributed by atoms with Crippen molar-refractivity contribution < 1.29 is 9.84 Å². The van der Waals surface area contributed by atoms with Gasteiger partial charge in [-0.2, -0.15) is 5.26 Å². The molecule has 0 aliphatic rings. The van der Waals surface area contributed by atoms with Gasteiger partial charge in [-0.15, -0.1) is 0 Å². The second-order valence-electron chi connectivity index (χ2n) is 4.10. The average Bonchev–Trinajstić information content (AvgIpc) is 2.38. The molecule has 0 aromatic heterocycles. The largest absolute Gasteiger partial charge is 0.457 e. The first kappa shape index (κ1) is 13.4. The predicted molar refractivity (Wildman–Crippen MR) is 73.3 cm³/mol. The van der Waals surface area contributed by atoms with Gasteiger partial charge < -0.3 is 9.84 Å². The molecular formula is C15H12ClNO2. The number of rotatable bonds is 3. The monoisotopic (exact) mass is 273 g/mol. The van der Waals surface area contributed by atoms with E-state index in [1.807, 2.05) is 6.07 Å². The zero-order valence-corrected chi connectivity index (χ0v) is 11.1. The molecule has 0 heterocycles. The van der Waals surface area contributed by atoms with Crippen molar-refractivity contribution in [2.75, 3.05) is 0 Å². The molecule has 0 radical (unpaired) electrons. The van der Waals surface area contributed by atoms with Crippen LogP contribution in [0.2, 0.25) is 5.02 Å². The average molecular weight is 274 g/mol. The van der Waals surface area contributed by atoms with Gasteiger partial charge in [0.2, 0.25) is 0 Å². The second-order valence-corrected chi connectivity index (χ2v) is 4.51. The van der Waals surface area contributed by atoms with E-state index >= 15 is 0 Å². The Hall–Kier alpha value is -2.02. The third-order valence-corrected chi connectivity index (χ3v) is 2.95. The lowest BCUT2D eigenvalue weighted by Crippen LogP contribution is -1.93. The molecule has 0 spiro atoms. The molecule has 2 aromatic carbocycles. The number of halogens is 1. The van der Waals surface area contributed by atoms with E-state index in [4.69, 9.17) is 21.6 Å². The molecule has 2 aromatic rings. The molecule has 0 saturated heterocycles. The summed E-state index contributed by atoms with van der Waals surface area (Å²) in [5.74, 6) is 1.13. The van der Waals surface area contributed by atoms with Crippen LogP contribution >= 0.6 is 11.6 Å². The smallest absolute Gasteiger partial charge is 0.128 e. The maximum Gasteiger partial charge on any atom is 0.128 e. The Morgan fingerprint density at radius 2 is 1.95 bits per heavy atom. The zero-order chi connectivity index (χ0) is 13.8. The Labute approximate surface area is 116 Å². The summed E-state index contributed by atoms with van der Waals surface area (Å²) in [5, 5.41) is 18.8. The van der Waals surface area contributed by atoms with Gasteiger partial charge in [-0.3, -0.25) is 0 Å².